The van der Waals surface area contributed by atoms with Crippen LogP contribution in [0.4, 0.5) is 5.69 Å². The third-order valence-electron chi connectivity index (χ3n) is 6.04. The summed E-state index contributed by atoms with van der Waals surface area (Å²) in [5.74, 6) is -0.0620. The number of ether oxygens (including phenoxy) is 1. The third-order valence-corrected chi connectivity index (χ3v) is 6.04. The Morgan fingerprint density at radius 3 is 2.25 bits per heavy atom. The summed E-state index contributed by atoms with van der Waals surface area (Å²) in [7, 11) is 0. The second kappa shape index (κ2) is 10.1. The van der Waals surface area contributed by atoms with Gasteiger partial charge in [-0.05, 0) is 35.6 Å². The van der Waals surface area contributed by atoms with Gasteiger partial charge in [0, 0.05) is 31.9 Å². The number of hydrogen-bond acceptors (Lipinski definition) is 5. The number of rotatable bonds is 8. The first-order chi connectivity index (χ1) is 15.5. The molecule has 0 saturated carbocycles. The highest BCUT2D eigenvalue weighted by molar-refractivity contribution is 6.36. The highest BCUT2D eigenvalue weighted by Crippen LogP contribution is 2.31. The van der Waals surface area contributed by atoms with E-state index in [1.807, 2.05) is 42.5 Å². The molecule has 2 amide bonds. The quantitative estimate of drug-likeness (QED) is 0.643. The van der Waals surface area contributed by atoms with Gasteiger partial charge in [0.1, 0.15) is 5.70 Å². The zero-order valence-corrected chi connectivity index (χ0v) is 18.8. The first-order valence-electron chi connectivity index (χ1n) is 11.4. The van der Waals surface area contributed by atoms with Gasteiger partial charge in [0.25, 0.3) is 11.8 Å². The van der Waals surface area contributed by atoms with E-state index in [1.54, 1.807) is 0 Å². The van der Waals surface area contributed by atoms with Crippen LogP contribution in [0.1, 0.15) is 37.3 Å². The molecule has 4 rings (SSSR count). The summed E-state index contributed by atoms with van der Waals surface area (Å²) < 4.78 is 5.39. The van der Waals surface area contributed by atoms with Crippen LogP contribution in [0.25, 0.3) is 5.57 Å². The molecule has 6 heteroatoms. The third kappa shape index (κ3) is 4.92. The number of amides is 2. The lowest BCUT2D eigenvalue weighted by Crippen LogP contribution is -2.39. The van der Waals surface area contributed by atoms with Crippen molar-refractivity contribution in [3.05, 3.63) is 71.4 Å². The Morgan fingerprint density at radius 2 is 1.59 bits per heavy atom. The van der Waals surface area contributed by atoms with Crippen molar-refractivity contribution in [2.24, 2.45) is 0 Å². The number of imide groups is 1. The minimum absolute atomic E-state index is 0.232. The molecule has 1 fully saturated rings. The van der Waals surface area contributed by atoms with Crippen LogP contribution in [0, 0.1) is 0 Å². The molecule has 6 nitrogen and oxygen atoms in total. The van der Waals surface area contributed by atoms with Crippen molar-refractivity contribution in [2.45, 2.75) is 26.2 Å². The van der Waals surface area contributed by atoms with Crippen molar-refractivity contribution in [2.75, 3.05) is 44.7 Å². The van der Waals surface area contributed by atoms with E-state index in [1.165, 1.54) is 10.5 Å². The van der Waals surface area contributed by atoms with Gasteiger partial charge in [0.15, 0.2) is 0 Å². The van der Waals surface area contributed by atoms with E-state index < -0.39 is 0 Å². The monoisotopic (exact) mass is 433 g/mol. The van der Waals surface area contributed by atoms with Crippen LogP contribution >= 0.6 is 0 Å². The minimum Gasteiger partial charge on any atom is -0.379 e. The standard InChI is InChI=1S/C26H31N3O3/c1-19(2)20-9-11-22(12-10-20)27-24-23(21-7-4-3-5-8-21)25(30)29(26(24)31)14-6-13-28-15-17-32-18-16-28/h3-5,7-12,19,27H,6,13-18H2,1-2H3. The molecule has 2 heterocycles. The van der Waals surface area contributed by atoms with Crippen LogP contribution in [-0.2, 0) is 14.3 Å². The van der Waals surface area contributed by atoms with E-state index in [0.717, 1.165) is 50.5 Å². The normalized spacial score (nSPS) is 17.5. The van der Waals surface area contributed by atoms with Gasteiger partial charge in [-0.3, -0.25) is 19.4 Å². The minimum atomic E-state index is -0.260. The molecule has 1 saturated heterocycles. The molecule has 0 unspecified atom stereocenters. The van der Waals surface area contributed by atoms with E-state index >= 15 is 0 Å². The van der Waals surface area contributed by atoms with Gasteiger partial charge in [0.05, 0.1) is 18.8 Å². The number of morpholine rings is 1. The van der Waals surface area contributed by atoms with E-state index in [4.69, 9.17) is 4.74 Å². The molecule has 2 aromatic carbocycles. The van der Waals surface area contributed by atoms with Gasteiger partial charge in [0.2, 0.25) is 0 Å². The molecule has 2 aliphatic heterocycles. The number of benzene rings is 2. The Balaban J connectivity index is 1.53. The van der Waals surface area contributed by atoms with Gasteiger partial charge in [-0.2, -0.15) is 0 Å². The summed E-state index contributed by atoms with van der Waals surface area (Å²) in [5, 5.41) is 3.25. The maximum atomic E-state index is 13.3. The lowest BCUT2D eigenvalue weighted by molar-refractivity contribution is -0.136. The summed E-state index contributed by atoms with van der Waals surface area (Å²) >= 11 is 0. The van der Waals surface area contributed by atoms with Crippen molar-refractivity contribution in [1.29, 1.82) is 0 Å². The number of nitrogens with zero attached hydrogens (tertiary/aromatic N) is 2. The zero-order valence-electron chi connectivity index (χ0n) is 18.8. The topological polar surface area (TPSA) is 61.9 Å². The number of hydrogen-bond donors (Lipinski definition) is 1. The van der Waals surface area contributed by atoms with E-state index in [9.17, 15) is 9.59 Å². The van der Waals surface area contributed by atoms with Crippen LogP contribution < -0.4 is 5.32 Å². The fourth-order valence-electron chi connectivity index (χ4n) is 4.14. The smallest absolute Gasteiger partial charge is 0.278 e. The van der Waals surface area contributed by atoms with Gasteiger partial charge in [-0.25, -0.2) is 0 Å². The van der Waals surface area contributed by atoms with Crippen LogP contribution in [0.3, 0.4) is 0 Å². The summed E-state index contributed by atoms with van der Waals surface area (Å²) in [6, 6.07) is 17.5. The van der Waals surface area contributed by atoms with Crippen molar-refractivity contribution >= 4 is 23.1 Å². The average molecular weight is 434 g/mol. The largest absolute Gasteiger partial charge is 0.379 e. The van der Waals surface area contributed by atoms with Crippen molar-refractivity contribution in [3.8, 4) is 0 Å². The van der Waals surface area contributed by atoms with Crippen molar-refractivity contribution < 1.29 is 14.3 Å². The maximum absolute atomic E-state index is 13.3. The maximum Gasteiger partial charge on any atom is 0.278 e. The lowest BCUT2D eigenvalue weighted by atomic mass is 10.0. The second-order valence-electron chi connectivity index (χ2n) is 8.59. The zero-order chi connectivity index (χ0) is 22.5. The van der Waals surface area contributed by atoms with Crippen LogP contribution in [0.2, 0.25) is 0 Å². The second-order valence-corrected chi connectivity index (χ2v) is 8.59. The van der Waals surface area contributed by atoms with Crippen LogP contribution in [0.5, 0.6) is 0 Å². The van der Waals surface area contributed by atoms with Gasteiger partial charge >= 0.3 is 0 Å². The number of anilines is 1. The Kier molecular flexibility index (Phi) is 7.02. The van der Waals surface area contributed by atoms with Crippen LogP contribution in [0.15, 0.2) is 60.3 Å². The highest BCUT2D eigenvalue weighted by Gasteiger charge is 2.38. The Labute approximate surface area is 189 Å². The Bertz CT molecular complexity index is 977. The van der Waals surface area contributed by atoms with Crippen molar-refractivity contribution in [3.63, 3.8) is 0 Å². The summed E-state index contributed by atoms with van der Waals surface area (Å²) in [6.07, 6.45) is 0.746. The molecule has 0 spiro atoms. The van der Waals surface area contributed by atoms with Crippen LogP contribution in [-0.4, -0.2) is 61.0 Å². The molecule has 168 valence electrons. The lowest BCUT2D eigenvalue weighted by Gasteiger charge is -2.27. The molecular weight excluding hydrogens is 402 g/mol. The van der Waals surface area contributed by atoms with E-state index in [-0.39, 0.29) is 11.8 Å². The SMILES string of the molecule is CC(C)c1ccc(NC2=C(c3ccccc3)C(=O)N(CCCN3CCOCC3)C2=O)cc1. The predicted molar refractivity (Wildman–Crippen MR) is 126 cm³/mol. The molecule has 32 heavy (non-hydrogen) atoms. The fraction of sp³-hybridized carbons (Fsp3) is 0.385. The molecule has 0 aliphatic carbocycles. The van der Waals surface area contributed by atoms with Gasteiger partial charge in [-0.1, -0.05) is 56.3 Å². The first kappa shape index (κ1) is 22.2. The van der Waals surface area contributed by atoms with E-state index in [2.05, 4.69) is 36.2 Å². The number of carbonyl (C=O) groups excluding carboxylic acids is 2. The predicted octanol–water partition coefficient (Wildman–Crippen LogP) is 3.72. The molecule has 2 aromatic rings. The molecule has 0 aromatic heterocycles. The molecular formula is C26H31N3O3. The molecule has 0 bridgehead atoms. The number of carbonyl (C=O) groups is 2. The Hall–Kier alpha value is -2.96. The molecule has 0 radical (unpaired) electrons. The van der Waals surface area contributed by atoms with Gasteiger partial charge in [-0.15, -0.1) is 0 Å². The number of nitrogens with one attached hydrogen (secondary N) is 1. The van der Waals surface area contributed by atoms with Gasteiger partial charge < -0.3 is 10.1 Å². The fourth-order valence-corrected chi connectivity index (χ4v) is 4.14. The summed E-state index contributed by atoms with van der Waals surface area (Å²) in [4.78, 5) is 30.3. The highest BCUT2D eigenvalue weighted by atomic mass is 16.5. The summed E-state index contributed by atoms with van der Waals surface area (Å²) in [6.45, 7) is 8.82. The summed E-state index contributed by atoms with van der Waals surface area (Å²) in [5.41, 5.74) is 3.57. The first-order valence-corrected chi connectivity index (χ1v) is 11.4. The average Bonchev–Trinajstić information content (AvgIpc) is 3.05. The molecule has 1 N–H and O–H groups in total. The van der Waals surface area contributed by atoms with Crippen molar-refractivity contribution in [1.82, 2.24) is 9.80 Å². The Morgan fingerprint density at radius 1 is 0.906 bits per heavy atom. The van der Waals surface area contributed by atoms with E-state index in [0.29, 0.717) is 23.7 Å². The molecule has 0 atom stereocenters. The molecule has 2 aliphatic rings.